The fourth-order valence-corrected chi connectivity index (χ4v) is 4.57. The SMILES string of the molecule is O=C(O)C1CC(C(F)(F)F)(C(F)(F)F)CN1C(=O)OCC1c2ccccc2-c2ccccc21. The minimum Gasteiger partial charge on any atom is -0.480 e. The number of rotatable bonds is 3. The number of nitrogens with zero attached hydrogens (tertiary/aromatic N) is 1. The second kappa shape index (κ2) is 7.67. The van der Waals surface area contributed by atoms with Crippen molar-refractivity contribution in [1.29, 1.82) is 0 Å². The highest BCUT2D eigenvalue weighted by molar-refractivity contribution is 5.82. The van der Waals surface area contributed by atoms with Gasteiger partial charge in [-0.3, -0.25) is 4.90 Å². The number of benzene rings is 2. The average molecular weight is 473 g/mol. The van der Waals surface area contributed by atoms with Crippen LogP contribution in [0.1, 0.15) is 23.5 Å². The van der Waals surface area contributed by atoms with Gasteiger partial charge in [0, 0.05) is 18.9 Å². The molecule has 1 aliphatic carbocycles. The molecular weight excluding hydrogens is 456 g/mol. The lowest BCUT2D eigenvalue weighted by Crippen LogP contribution is -2.52. The first-order chi connectivity index (χ1) is 15.4. The predicted molar refractivity (Wildman–Crippen MR) is 102 cm³/mol. The molecule has 0 saturated carbocycles. The van der Waals surface area contributed by atoms with Crippen molar-refractivity contribution in [3.8, 4) is 11.1 Å². The maximum absolute atomic E-state index is 13.5. The predicted octanol–water partition coefficient (Wildman–Crippen LogP) is 5.21. The molecule has 1 heterocycles. The summed E-state index contributed by atoms with van der Waals surface area (Å²) in [5.74, 6) is -2.47. The third-order valence-corrected chi connectivity index (χ3v) is 6.30. The summed E-state index contributed by atoms with van der Waals surface area (Å²) in [7, 11) is 0. The van der Waals surface area contributed by atoms with E-state index in [4.69, 9.17) is 4.74 Å². The van der Waals surface area contributed by atoms with E-state index in [2.05, 4.69) is 0 Å². The first-order valence-corrected chi connectivity index (χ1v) is 9.85. The van der Waals surface area contributed by atoms with Crippen LogP contribution in [0.15, 0.2) is 48.5 Å². The molecule has 2 aromatic rings. The van der Waals surface area contributed by atoms with Crippen LogP contribution in [-0.2, 0) is 9.53 Å². The number of hydrogen-bond acceptors (Lipinski definition) is 3. The van der Waals surface area contributed by atoms with Gasteiger partial charge in [0.25, 0.3) is 0 Å². The van der Waals surface area contributed by atoms with Crippen molar-refractivity contribution in [3.05, 3.63) is 59.7 Å². The van der Waals surface area contributed by atoms with Crippen molar-refractivity contribution >= 4 is 12.1 Å². The number of likely N-dealkylation sites (tertiary alicyclic amines) is 1. The van der Waals surface area contributed by atoms with Crippen molar-refractivity contribution < 1.29 is 45.8 Å². The van der Waals surface area contributed by atoms with Crippen LogP contribution < -0.4 is 0 Å². The van der Waals surface area contributed by atoms with E-state index in [-0.39, 0.29) is 11.5 Å². The van der Waals surface area contributed by atoms with Crippen LogP contribution >= 0.6 is 0 Å². The quantitative estimate of drug-likeness (QED) is 0.622. The van der Waals surface area contributed by atoms with Gasteiger partial charge in [-0.05, 0) is 22.3 Å². The zero-order valence-electron chi connectivity index (χ0n) is 16.8. The maximum atomic E-state index is 13.5. The molecule has 1 amide bonds. The maximum Gasteiger partial charge on any atom is 0.410 e. The summed E-state index contributed by atoms with van der Waals surface area (Å²) in [6, 6.07) is 12.0. The molecular formula is C22H17F6NO4. The summed E-state index contributed by atoms with van der Waals surface area (Å²) >= 11 is 0. The van der Waals surface area contributed by atoms with Crippen molar-refractivity contribution in [3.63, 3.8) is 0 Å². The highest BCUT2D eigenvalue weighted by atomic mass is 19.4. The fraction of sp³-hybridized carbons (Fsp3) is 0.364. The van der Waals surface area contributed by atoms with Gasteiger partial charge in [0.2, 0.25) is 0 Å². The van der Waals surface area contributed by atoms with Crippen molar-refractivity contribution in [1.82, 2.24) is 4.90 Å². The minimum absolute atomic E-state index is 0.00999. The van der Waals surface area contributed by atoms with Gasteiger partial charge in [0.05, 0.1) is 0 Å². The number of hydrogen-bond donors (Lipinski definition) is 1. The van der Waals surface area contributed by atoms with E-state index in [1.54, 1.807) is 36.4 Å². The molecule has 1 saturated heterocycles. The zero-order chi connectivity index (χ0) is 24.2. The molecule has 1 unspecified atom stereocenters. The molecule has 0 spiro atoms. The largest absolute Gasteiger partial charge is 0.480 e. The number of fused-ring (bicyclic) bond motifs is 3. The van der Waals surface area contributed by atoms with E-state index in [1.807, 2.05) is 12.1 Å². The Bertz CT molecular complexity index is 1040. The van der Waals surface area contributed by atoms with E-state index in [9.17, 15) is 41.0 Å². The second-order valence-corrected chi connectivity index (χ2v) is 8.07. The summed E-state index contributed by atoms with van der Waals surface area (Å²) in [4.78, 5) is 24.1. The minimum atomic E-state index is -5.81. The number of carbonyl (C=O) groups excluding carboxylic acids is 1. The Balaban J connectivity index is 1.59. The van der Waals surface area contributed by atoms with E-state index in [0.29, 0.717) is 0 Å². The molecule has 0 aromatic heterocycles. The van der Waals surface area contributed by atoms with E-state index in [1.165, 1.54) is 0 Å². The molecule has 5 nitrogen and oxygen atoms in total. The Labute approximate surface area is 183 Å². The first kappa shape index (κ1) is 22.9. The van der Waals surface area contributed by atoms with Crippen LogP contribution in [0.5, 0.6) is 0 Å². The molecule has 4 rings (SSSR count). The molecule has 0 radical (unpaired) electrons. The summed E-state index contributed by atoms with van der Waals surface area (Å²) in [6.45, 7) is -2.26. The number of carbonyl (C=O) groups is 2. The summed E-state index contributed by atoms with van der Waals surface area (Å²) in [5, 5.41) is 9.25. The normalized spacial score (nSPS) is 19.8. The van der Waals surface area contributed by atoms with Gasteiger partial charge in [-0.25, -0.2) is 9.59 Å². The third kappa shape index (κ3) is 3.59. The van der Waals surface area contributed by atoms with Gasteiger partial charge in [-0.1, -0.05) is 48.5 Å². The summed E-state index contributed by atoms with van der Waals surface area (Å²) < 4.78 is 85.8. The lowest BCUT2D eigenvalue weighted by atomic mass is 9.83. The second-order valence-electron chi connectivity index (χ2n) is 8.07. The number of ether oxygens (including phenoxy) is 1. The van der Waals surface area contributed by atoms with Crippen LogP contribution in [-0.4, -0.2) is 53.6 Å². The molecule has 33 heavy (non-hydrogen) atoms. The molecule has 1 aliphatic heterocycles. The number of halogens is 6. The monoisotopic (exact) mass is 473 g/mol. The van der Waals surface area contributed by atoms with E-state index in [0.717, 1.165) is 22.3 Å². The van der Waals surface area contributed by atoms with E-state index < -0.39 is 54.8 Å². The van der Waals surface area contributed by atoms with Crippen molar-refractivity contribution in [2.75, 3.05) is 13.2 Å². The highest BCUT2D eigenvalue weighted by Gasteiger charge is 2.75. The van der Waals surface area contributed by atoms with Crippen LogP contribution in [0.2, 0.25) is 0 Å². The molecule has 0 bridgehead atoms. The first-order valence-electron chi connectivity index (χ1n) is 9.85. The third-order valence-electron chi connectivity index (χ3n) is 6.30. The number of carboxylic acids is 1. The van der Waals surface area contributed by atoms with Crippen molar-refractivity contribution in [2.45, 2.75) is 30.7 Å². The molecule has 1 fully saturated rings. The number of amides is 1. The average Bonchev–Trinajstić information content (AvgIpc) is 3.30. The van der Waals surface area contributed by atoms with Gasteiger partial charge in [-0.2, -0.15) is 26.3 Å². The summed E-state index contributed by atoms with van der Waals surface area (Å²) in [5.41, 5.74) is -1.06. The molecule has 1 atom stereocenters. The Morgan fingerprint density at radius 3 is 1.88 bits per heavy atom. The lowest BCUT2D eigenvalue weighted by molar-refractivity contribution is -0.335. The smallest absolute Gasteiger partial charge is 0.410 e. The topological polar surface area (TPSA) is 66.8 Å². The summed E-state index contributed by atoms with van der Waals surface area (Å²) in [6.07, 6.45) is -15.0. The number of alkyl halides is 6. The van der Waals surface area contributed by atoms with Crippen LogP contribution in [0.4, 0.5) is 31.1 Å². The van der Waals surface area contributed by atoms with Gasteiger partial charge in [-0.15, -0.1) is 0 Å². The van der Waals surface area contributed by atoms with Crippen LogP contribution in [0, 0.1) is 5.41 Å². The number of carboxylic acid groups (broad SMARTS) is 1. The zero-order valence-corrected chi connectivity index (χ0v) is 16.8. The molecule has 176 valence electrons. The molecule has 1 N–H and O–H groups in total. The number of aliphatic carboxylic acids is 1. The van der Waals surface area contributed by atoms with Gasteiger partial charge in [0.1, 0.15) is 12.6 Å². The highest BCUT2D eigenvalue weighted by Crippen LogP contribution is 2.57. The molecule has 2 aliphatic rings. The lowest BCUT2D eigenvalue weighted by Gasteiger charge is -2.33. The Kier molecular flexibility index (Phi) is 5.33. The van der Waals surface area contributed by atoms with Crippen molar-refractivity contribution in [2.24, 2.45) is 5.41 Å². The van der Waals surface area contributed by atoms with Crippen LogP contribution in [0.3, 0.4) is 0 Å². The fourth-order valence-electron chi connectivity index (χ4n) is 4.57. The molecule has 2 aromatic carbocycles. The Morgan fingerprint density at radius 2 is 1.42 bits per heavy atom. The van der Waals surface area contributed by atoms with Gasteiger partial charge >= 0.3 is 24.4 Å². The van der Waals surface area contributed by atoms with Crippen LogP contribution in [0.25, 0.3) is 11.1 Å². The van der Waals surface area contributed by atoms with Gasteiger partial charge < -0.3 is 9.84 Å². The Morgan fingerprint density at radius 1 is 0.939 bits per heavy atom. The Hall–Kier alpha value is -3.24. The molecule has 11 heteroatoms. The van der Waals surface area contributed by atoms with Gasteiger partial charge in [0.15, 0.2) is 5.41 Å². The standard InChI is InChI=1S/C22H17F6NO4/c23-21(24,25)20(22(26,27)28)9-17(18(30)31)29(11-20)19(32)33-10-16-14-7-3-1-5-12(14)13-6-2-4-8-15(13)16/h1-8,16-17H,9-11H2,(H,30,31). The van der Waals surface area contributed by atoms with E-state index >= 15 is 0 Å².